The zero-order valence-electron chi connectivity index (χ0n) is 17.9. The van der Waals surface area contributed by atoms with Crippen molar-refractivity contribution >= 4 is 38.9 Å². The Morgan fingerprint density at radius 3 is 2.33 bits per heavy atom. The van der Waals surface area contributed by atoms with Gasteiger partial charge in [0.1, 0.15) is 6.04 Å². The number of sulfonamides is 1. The van der Waals surface area contributed by atoms with E-state index >= 15 is 0 Å². The summed E-state index contributed by atoms with van der Waals surface area (Å²) >= 11 is 1.30. The maximum absolute atomic E-state index is 13.0. The minimum absolute atomic E-state index is 0.163. The van der Waals surface area contributed by atoms with Crippen molar-refractivity contribution < 1.29 is 18.0 Å². The van der Waals surface area contributed by atoms with Crippen LogP contribution in [0.4, 0.5) is 5.69 Å². The zero-order valence-corrected chi connectivity index (χ0v) is 19.5. The minimum atomic E-state index is -3.47. The van der Waals surface area contributed by atoms with E-state index in [2.05, 4.69) is 21.9 Å². The lowest BCUT2D eigenvalue weighted by atomic mass is 10.0. The van der Waals surface area contributed by atoms with Gasteiger partial charge in [0, 0.05) is 18.7 Å². The van der Waals surface area contributed by atoms with Gasteiger partial charge in [-0.2, -0.15) is 0 Å². The molecule has 0 saturated carbocycles. The van der Waals surface area contributed by atoms with Gasteiger partial charge in [-0.1, -0.05) is 54.6 Å². The summed E-state index contributed by atoms with van der Waals surface area (Å²) in [5.41, 5.74) is 2.00. The van der Waals surface area contributed by atoms with Crippen molar-refractivity contribution in [1.29, 1.82) is 0 Å². The summed E-state index contributed by atoms with van der Waals surface area (Å²) in [6.07, 6.45) is 1.80. The van der Waals surface area contributed by atoms with Crippen LogP contribution < -0.4 is 15.4 Å². The molecule has 0 radical (unpaired) electrons. The molecular weight excluding hydrogens is 458 g/mol. The second-order valence-electron chi connectivity index (χ2n) is 7.28. The van der Waals surface area contributed by atoms with Crippen molar-refractivity contribution in [3.8, 4) is 0 Å². The Bertz CT molecular complexity index is 1180. The SMILES string of the molecule is C=CCNS(=O)(=O)Cc1ccc(NC(=O)C(Cc2ccccc2)NC(=O)c2cccs2)cc1. The zero-order chi connectivity index (χ0) is 23.7. The third-order valence-electron chi connectivity index (χ3n) is 4.68. The Hall–Kier alpha value is -3.27. The molecule has 1 atom stereocenters. The number of rotatable bonds is 11. The van der Waals surface area contributed by atoms with Crippen LogP contribution in [-0.4, -0.2) is 32.8 Å². The summed E-state index contributed by atoms with van der Waals surface area (Å²) in [4.78, 5) is 26.1. The van der Waals surface area contributed by atoms with Gasteiger partial charge in [-0.25, -0.2) is 13.1 Å². The number of thiophene rings is 1. The van der Waals surface area contributed by atoms with Crippen molar-refractivity contribution in [2.24, 2.45) is 0 Å². The van der Waals surface area contributed by atoms with Crippen LogP contribution >= 0.6 is 11.3 Å². The standard InChI is InChI=1S/C24H25N3O4S2/c1-2-14-25-33(30,31)17-19-10-12-20(13-11-19)26-23(28)21(16-18-7-4-3-5-8-18)27-24(29)22-9-6-15-32-22/h2-13,15,21,25H,1,14,16-17H2,(H,26,28)(H,27,29). The molecule has 1 heterocycles. The van der Waals surface area contributed by atoms with Crippen LogP contribution in [0.25, 0.3) is 0 Å². The number of carbonyl (C=O) groups is 2. The van der Waals surface area contributed by atoms with Crippen molar-refractivity contribution in [1.82, 2.24) is 10.0 Å². The molecule has 0 saturated heterocycles. The fourth-order valence-corrected chi connectivity index (χ4v) is 4.80. The summed E-state index contributed by atoms with van der Waals surface area (Å²) in [7, 11) is -3.47. The quantitative estimate of drug-likeness (QED) is 0.364. The van der Waals surface area contributed by atoms with Gasteiger partial charge in [-0.05, 0) is 34.7 Å². The van der Waals surface area contributed by atoms with E-state index in [9.17, 15) is 18.0 Å². The van der Waals surface area contributed by atoms with Gasteiger partial charge in [0.25, 0.3) is 5.91 Å². The highest BCUT2D eigenvalue weighted by atomic mass is 32.2. The largest absolute Gasteiger partial charge is 0.339 e. The van der Waals surface area contributed by atoms with Gasteiger partial charge in [0.05, 0.1) is 10.6 Å². The van der Waals surface area contributed by atoms with E-state index in [0.29, 0.717) is 22.5 Å². The third-order valence-corrected chi connectivity index (χ3v) is 6.86. The Balaban J connectivity index is 1.69. The fraction of sp³-hybridized carbons (Fsp3) is 0.167. The summed E-state index contributed by atoms with van der Waals surface area (Å²) < 4.78 is 26.5. The summed E-state index contributed by atoms with van der Waals surface area (Å²) in [6.45, 7) is 3.65. The first-order valence-corrected chi connectivity index (χ1v) is 12.8. The molecule has 0 bridgehead atoms. The molecule has 2 aromatic carbocycles. The number of amides is 2. The molecule has 1 aromatic heterocycles. The third kappa shape index (κ3) is 7.67. The van der Waals surface area contributed by atoms with E-state index in [-0.39, 0.29) is 24.1 Å². The highest BCUT2D eigenvalue weighted by Gasteiger charge is 2.22. The van der Waals surface area contributed by atoms with Crippen LogP contribution in [-0.2, 0) is 27.0 Å². The summed E-state index contributed by atoms with van der Waals surface area (Å²) in [6, 6.07) is 18.7. The van der Waals surface area contributed by atoms with E-state index in [4.69, 9.17) is 0 Å². The molecule has 172 valence electrons. The van der Waals surface area contributed by atoms with E-state index in [1.165, 1.54) is 17.4 Å². The molecule has 3 N–H and O–H groups in total. The Labute approximate surface area is 197 Å². The van der Waals surface area contributed by atoms with Gasteiger partial charge < -0.3 is 10.6 Å². The lowest BCUT2D eigenvalue weighted by Crippen LogP contribution is -2.45. The maximum atomic E-state index is 13.0. The monoisotopic (exact) mass is 483 g/mol. The molecule has 7 nitrogen and oxygen atoms in total. The highest BCUT2D eigenvalue weighted by molar-refractivity contribution is 7.88. The molecular formula is C24H25N3O4S2. The van der Waals surface area contributed by atoms with Crippen LogP contribution in [0, 0.1) is 0 Å². The van der Waals surface area contributed by atoms with E-state index < -0.39 is 16.1 Å². The molecule has 0 aliphatic rings. The van der Waals surface area contributed by atoms with Gasteiger partial charge in [-0.3, -0.25) is 9.59 Å². The Morgan fingerprint density at radius 1 is 0.970 bits per heavy atom. The van der Waals surface area contributed by atoms with E-state index in [1.807, 2.05) is 30.3 Å². The molecule has 33 heavy (non-hydrogen) atoms. The predicted molar refractivity (Wildman–Crippen MR) is 132 cm³/mol. The number of hydrogen-bond donors (Lipinski definition) is 3. The Morgan fingerprint density at radius 2 is 1.70 bits per heavy atom. The van der Waals surface area contributed by atoms with Gasteiger partial charge >= 0.3 is 0 Å². The predicted octanol–water partition coefficient (Wildman–Crippen LogP) is 3.33. The molecule has 0 spiro atoms. The first-order chi connectivity index (χ1) is 15.9. The molecule has 9 heteroatoms. The van der Waals surface area contributed by atoms with Crippen molar-refractivity contribution in [2.75, 3.05) is 11.9 Å². The molecule has 0 aliphatic carbocycles. The van der Waals surface area contributed by atoms with Crippen molar-refractivity contribution in [2.45, 2.75) is 18.2 Å². The summed E-state index contributed by atoms with van der Waals surface area (Å²) in [5.74, 6) is -0.854. The molecule has 3 rings (SSSR count). The first kappa shape index (κ1) is 24.4. The van der Waals surface area contributed by atoms with Crippen LogP contribution in [0.3, 0.4) is 0 Å². The lowest BCUT2D eigenvalue weighted by Gasteiger charge is -2.18. The minimum Gasteiger partial charge on any atom is -0.339 e. The topological polar surface area (TPSA) is 104 Å². The molecule has 2 amide bonds. The number of hydrogen-bond acceptors (Lipinski definition) is 5. The van der Waals surface area contributed by atoms with E-state index in [1.54, 1.807) is 41.8 Å². The number of nitrogens with one attached hydrogen (secondary N) is 3. The number of carbonyl (C=O) groups excluding carboxylic acids is 2. The fourth-order valence-electron chi connectivity index (χ4n) is 3.07. The van der Waals surface area contributed by atoms with Crippen molar-refractivity contribution in [3.63, 3.8) is 0 Å². The van der Waals surface area contributed by atoms with E-state index in [0.717, 1.165) is 5.56 Å². The average Bonchev–Trinajstić information content (AvgIpc) is 3.34. The normalized spacial score (nSPS) is 12.0. The molecule has 3 aromatic rings. The maximum Gasteiger partial charge on any atom is 0.262 e. The Kier molecular flexibility index (Phi) is 8.53. The van der Waals surface area contributed by atoms with Crippen LogP contribution in [0.1, 0.15) is 20.8 Å². The van der Waals surface area contributed by atoms with Crippen LogP contribution in [0.15, 0.2) is 84.8 Å². The van der Waals surface area contributed by atoms with Gasteiger partial charge in [0.15, 0.2) is 0 Å². The second-order valence-corrected chi connectivity index (χ2v) is 10.0. The molecule has 0 fully saturated rings. The smallest absolute Gasteiger partial charge is 0.262 e. The van der Waals surface area contributed by atoms with Crippen LogP contribution in [0.2, 0.25) is 0 Å². The summed E-state index contributed by atoms with van der Waals surface area (Å²) in [5, 5.41) is 7.42. The highest BCUT2D eigenvalue weighted by Crippen LogP contribution is 2.14. The molecule has 1 unspecified atom stereocenters. The van der Waals surface area contributed by atoms with Crippen molar-refractivity contribution in [3.05, 3.63) is 101 Å². The van der Waals surface area contributed by atoms with Crippen LogP contribution in [0.5, 0.6) is 0 Å². The van der Waals surface area contributed by atoms with Gasteiger partial charge in [0.2, 0.25) is 15.9 Å². The van der Waals surface area contributed by atoms with Gasteiger partial charge in [-0.15, -0.1) is 17.9 Å². The first-order valence-electron chi connectivity index (χ1n) is 10.2. The number of anilines is 1. The number of benzene rings is 2. The average molecular weight is 484 g/mol. The molecule has 0 aliphatic heterocycles. The lowest BCUT2D eigenvalue weighted by molar-refractivity contribution is -0.118. The second kappa shape index (κ2) is 11.6.